The number of likely N-dealkylation sites (tertiary alicyclic amines) is 1. The molecule has 0 aliphatic carbocycles. The van der Waals surface area contributed by atoms with Gasteiger partial charge >= 0.3 is 5.97 Å². The van der Waals surface area contributed by atoms with E-state index in [-0.39, 0.29) is 29.8 Å². The lowest BCUT2D eigenvalue weighted by Crippen LogP contribution is -2.48. The Morgan fingerprint density at radius 2 is 2.19 bits per heavy atom. The lowest BCUT2D eigenvalue weighted by Gasteiger charge is -2.30. The second kappa shape index (κ2) is 6.39. The van der Waals surface area contributed by atoms with E-state index in [2.05, 4.69) is 5.32 Å². The molecule has 1 heterocycles. The molecule has 2 N–H and O–H groups in total. The van der Waals surface area contributed by atoms with Gasteiger partial charge in [0.2, 0.25) is 11.8 Å². The third-order valence-electron chi connectivity index (χ3n) is 3.53. The second-order valence-corrected chi connectivity index (χ2v) is 5.26. The van der Waals surface area contributed by atoms with Gasteiger partial charge in [-0.2, -0.15) is 0 Å². The standard InChI is InChI=1S/C15H18N2O4/c1-17-9-12(5-6-14(17)19)16-13(18)8-10-3-2-4-11(7-10)15(20)21/h2-4,7,12H,5-6,8-9H2,1H3,(H,16,18)(H,20,21). The highest BCUT2D eigenvalue weighted by molar-refractivity contribution is 5.88. The third kappa shape index (κ3) is 4.05. The van der Waals surface area contributed by atoms with Crippen LogP contribution >= 0.6 is 0 Å². The van der Waals surface area contributed by atoms with Crippen LogP contribution in [-0.4, -0.2) is 47.4 Å². The van der Waals surface area contributed by atoms with E-state index in [1.54, 1.807) is 24.1 Å². The molecule has 1 atom stereocenters. The number of aromatic carboxylic acids is 1. The Kier molecular flexibility index (Phi) is 4.57. The molecule has 1 aliphatic heterocycles. The highest BCUT2D eigenvalue weighted by Crippen LogP contribution is 2.11. The maximum atomic E-state index is 12.0. The fourth-order valence-electron chi connectivity index (χ4n) is 2.41. The number of hydrogen-bond donors (Lipinski definition) is 2. The molecule has 0 spiro atoms. The van der Waals surface area contributed by atoms with E-state index in [1.165, 1.54) is 12.1 Å². The zero-order valence-corrected chi connectivity index (χ0v) is 11.8. The fourth-order valence-corrected chi connectivity index (χ4v) is 2.41. The average molecular weight is 290 g/mol. The molecule has 21 heavy (non-hydrogen) atoms. The molecule has 2 amide bonds. The monoisotopic (exact) mass is 290 g/mol. The number of nitrogens with one attached hydrogen (secondary N) is 1. The van der Waals surface area contributed by atoms with Crippen LogP contribution in [0.3, 0.4) is 0 Å². The number of carboxylic acids is 1. The molecule has 112 valence electrons. The van der Waals surface area contributed by atoms with Crippen molar-refractivity contribution in [1.82, 2.24) is 10.2 Å². The predicted molar refractivity (Wildman–Crippen MR) is 75.9 cm³/mol. The summed E-state index contributed by atoms with van der Waals surface area (Å²) in [6.07, 6.45) is 1.22. The minimum atomic E-state index is -1.01. The van der Waals surface area contributed by atoms with Gasteiger partial charge in [0.15, 0.2) is 0 Å². The van der Waals surface area contributed by atoms with Gasteiger partial charge in [0.05, 0.1) is 12.0 Å². The normalized spacial score (nSPS) is 18.4. The van der Waals surface area contributed by atoms with Crippen LogP contribution in [0.2, 0.25) is 0 Å². The summed E-state index contributed by atoms with van der Waals surface area (Å²) < 4.78 is 0. The minimum Gasteiger partial charge on any atom is -0.478 e. The summed E-state index contributed by atoms with van der Waals surface area (Å²) in [4.78, 5) is 35.9. The Labute approximate surface area is 122 Å². The Hall–Kier alpha value is -2.37. The van der Waals surface area contributed by atoms with Crippen LogP contribution in [0.4, 0.5) is 0 Å². The first kappa shape index (κ1) is 15.0. The van der Waals surface area contributed by atoms with Crippen molar-refractivity contribution in [3.05, 3.63) is 35.4 Å². The molecule has 1 aromatic rings. The lowest BCUT2D eigenvalue weighted by molar-refractivity contribution is -0.133. The first-order valence-corrected chi connectivity index (χ1v) is 6.81. The van der Waals surface area contributed by atoms with Crippen molar-refractivity contribution < 1.29 is 19.5 Å². The smallest absolute Gasteiger partial charge is 0.335 e. The maximum Gasteiger partial charge on any atom is 0.335 e. The second-order valence-electron chi connectivity index (χ2n) is 5.26. The molecule has 1 saturated heterocycles. The fraction of sp³-hybridized carbons (Fsp3) is 0.400. The molecule has 0 radical (unpaired) electrons. The predicted octanol–water partition coefficient (Wildman–Crippen LogP) is 0.664. The van der Waals surface area contributed by atoms with Gasteiger partial charge in [0.25, 0.3) is 0 Å². The van der Waals surface area contributed by atoms with E-state index in [0.717, 1.165) is 0 Å². The van der Waals surface area contributed by atoms with Crippen molar-refractivity contribution in [1.29, 1.82) is 0 Å². The van der Waals surface area contributed by atoms with Gasteiger partial charge in [-0.05, 0) is 24.1 Å². The molecule has 1 fully saturated rings. The molecule has 6 nitrogen and oxygen atoms in total. The van der Waals surface area contributed by atoms with Crippen LogP contribution in [0.15, 0.2) is 24.3 Å². The van der Waals surface area contributed by atoms with E-state index >= 15 is 0 Å². The number of rotatable bonds is 4. The van der Waals surface area contributed by atoms with E-state index in [9.17, 15) is 14.4 Å². The van der Waals surface area contributed by atoms with Crippen LogP contribution in [0.25, 0.3) is 0 Å². The van der Waals surface area contributed by atoms with Gasteiger partial charge in [-0.1, -0.05) is 12.1 Å². The Morgan fingerprint density at radius 1 is 1.43 bits per heavy atom. The zero-order valence-electron chi connectivity index (χ0n) is 11.8. The average Bonchev–Trinajstić information content (AvgIpc) is 2.43. The zero-order chi connectivity index (χ0) is 15.4. The molecule has 2 rings (SSSR count). The summed E-state index contributed by atoms with van der Waals surface area (Å²) in [5.41, 5.74) is 0.830. The summed E-state index contributed by atoms with van der Waals surface area (Å²) in [7, 11) is 1.72. The van der Waals surface area contributed by atoms with Gasteiger partial charge in [-0.3, -0.25) is 9.59 Å². The largest absolute Gasteiger partial charge is 0.478 e. The molecule has 1 aromatic carbocycles. The number of piperidine rings is 1. The summed E-state index contributed by atoms with van der Waals surface area (Å²) in [6, 6.07) is 6.30. The van der Waals surface area contributed by atoms with E-state index in [1.807, 2.05) is 0 Å². The van der Waals surface area contributed by atoms with Crippen molar-refractivity contribution in [2.45, 2.75) is 25.3 Å². The van der Waals surface area contributed by atoms with E-state index in [4.69, 9.17) is 5.11 Å². The third-order valence-corrected chi connectivity index (χ3v) is 3.53. The van der Waals surface area contributed by atoms with Crippen molar-refractivity contribution in [2.75, 3.05) is 13.6 Å². The summed E-state index contributed by atoms with van der Waals surface area (Å²) in [5, 5.41) is 11.8. The number of amides is 2. The number of benzene rings is 1. The number of likely N-dealkylation sites (N-methyl/N-ethyl adjacent to an activating group) is 1. The van der Waals surface area contributed by atoms with Gasteiger partial charge in [-0.15, -0.1) is 0 Å². The topological polar surface area (TPSA) is 86.7 Å². The van der Waals surface area contributed by atoms with Crippen LogP contribution in [0, 0.1) is 0 Å². The quantitative estimate of drug-likeness (QED) is 0.853. The van der Waals surface area contributed by atoms with Crippen LogP contribution in [-0.2, 0) is 16.0 Å². The molecule has 1 aliphatic rings. The van der Waals surface area contributed by atoms with E-state index < -0.39 is 5.97 Å². The van der Waals surface area contributed by atoms with Gasteiger partial charge < -0.3 is 15.3 Å². The number of nitrogens with zero attached hydrogens (tertiary/aromatic N) is 1. The van der Waals surface area contributed by atoms with Crippen molar-refractivity contribution in [3.8, 4) is 0 Å². The lowest BCUT2D eigenvalue weighted by atomic mass is 10.0. The van der Waals surface area contributed by atoms with Crippen molar-refractivity contribution in [3.63, 3.8) is 0 Å². The summed E-state index contributed by atoms with van der Waals surface area (Å²) in [6.45, 7) is 0.514. The van der Waals surface area contributed by atoms with Crippen molar-refractivity contribution in [2.24, 2.45) is 0 Å². The first-order valence-electron chi connectivity index (χ1n) is 6.81. The molecular formula is C15H18N2O4. The number of carboxylic acid groups (broad SMARTS) is 1. The van der Waals surface area contributed by atoms with E-state index in [0.29, 0.717) is 24.9 Å². The SMILES string of the molecule is CN1CC(NC(=O)Cc2cccc(C(=O)O)c2)CCC1=O. The Morgan fingerprint density at radius 3 is 2.86 bits per heavy atom. The number of carbonyl (C=O) groups excluding carboxylic acids is 2. The molecule has 0 bridgehead atoms. The van der Waals surface area contributed by atoms with Crippen LogP contribution in [0.5, 0.6) is 0 Å². The summed E-state index contributed by atoms with van der Waals surface area (Å²) in [5.74, 6) is -1.08. The Bertz CT molecular complexity index is 571. The number of carbonyl (C=O) groups is 3. The first-order chi connectivity index (χ1) is 9.95. The molecule has 6 heteroatoms. The van der Waals surface area contributed by atoms with Crippen LogP contribution < -0.4 is 5.32 Å². The minimum absolute atomic E-state index is 0.0390. The van der Waals surface area contributed by atoms with Crippen molar-refractivity contribution >= 4 is 17.8 Å². The highest BCUT2D eigenvalue weighted by Gasteiger charge is 2.23. The van der Waals surface area contributed by atoms with Gasteiger partial charge in [0, 0.05) is 26.1 Å². The molecular weight excluding hydrogens is 272 g/mol. The molecule has 0 saturated carbocycles. The van der Waals surface area contributed by atoms with Gasteiger partial charge in [0.1, 0.15) is 0 Å². The Balaban J connectivity index is 1.91. The van der Waals surface area contributed by atoms with Gasteiger partial charge in [-0.25, -0.2) is 4.79 Å². The molecule has 0 aromatic heterocycles. The van der Waals surface area contributed by atoms with Crippen LogP contribution in [0.1, 0.15) is 28.8 Å². The summed E-state index contributed by atoms with van der Waals surface area (Å²) >= 11 is 0. The maximum absolute atomic E-state index is 12.0. The molecule has 1 unspecified atom stereocenters. The number of hydrogen-bond acceptors (Lipinski definition) is 3. The highest BCUT2D eigenvalue weighted by atomic mass is 16.4.